The van der Waals surface area contributed by atoms with Gasteiger partial charge >= 0.3 is 6.03 Å². The molecule has 23 heavy (non-hydrogen) atoms. The Morgan fingerprint density at radius 2 is 1.91 bits per heavy atom. The summed E-state index contributed by atoms with van der Waals surface area (Å²) in [4.78, 5) is 48.5. The molecule has 0 atom stereocenters. The van der Waals surface area contributed by atoms with Gasteiger partial charge in [0.25, 0.3) is 5.91 Å². The molecule has 0 spiro atoms. The molecule has 122 valence electrons. The Kier molecular flexibility index (Phi) is 4.35. The first-order valence-corrected chi connectivity index (χ1v) is 7.53. The van der Waals surface area contributed by atoms with Crippen LogP contribution in [0.5, 0.6) is 0 Å². The van der Waals surface area contributed by atoms with Crippen molar-refractivity contribution in [3.63, 3.8) is 0 Å². The zero-order valence-corrected chi connectivity index (χ0v) is 12.6. The van der Waals surface area contributed by atoms with Crippen LogP contribution in [0.15, 0.2) is 18.5 Å². The highest BCUT2D eigenvalue weighted by molar-refractivity contribution is 6.04. The molecule has 9 heteroatoms. The van der Waals surface area contributed by atoms with Gasteiger partial charge in [-0.25, -0.2) is 14.8 Å². The van der Waals surface area contributed by atoms with Crippen molar-refractivity contribution in [1.82, 2.24) is 25.1 Å². The fourth-order valence-electron chi connectivity index (χ4n) is 2.67. The zero-order valence-electron chi connectivity index (χ0n) is 12.6. The molecule has 9 nitrogen and oxygen atoms in total. The van der Waals surface area contributed by atoms with Crippen molar-refractivity contribution in [3.8, 4) is 0 Å². The van der Waals surface area contributed by atoms with E-state index in [2.05, 4.69) is 15.3 Å². The Morgan fingerprint density at radius 1 is 1.13 bits per heavy atom. The second-order valence-electron chi connectivity index (χ2n) is 5.41. The minimum absolute atomic E-state index is 0.0365. The van der Waals surface area contributed by atoms with Crippen LogP contribution < -0.4 is 10.2 Å². The third-order valence-corrected chi connectivity index (χ3v) is 3.91. The van der Waals surface area contributed by atoms with Crippen LogP contribution in [0.4, 0.5) is 10.7 Å². The molecule has 0 saturated carbocycles. The number of urea groups is 1. The van der Waals surface area contributed by atoms with E-state index in [0.29, 0.717) is 25.6 Å². The summed E-state index contributed by atoms with van der Waals surface area (Å²) in [6, 6.07) is 1.26. The molecule has 2 aliphatic rings. The van der Waals surface area contributed by atoms with Gasteiger partial charge in [-0.2, -0.15) is 0 Å². The number of hydrogen-bond donors (Lipinski definition) is 1. The lowest BCUT2D eigenvalue weighted by Crippen LogP contribution is -2.44. The molecular formula is C14H18N6O3. The van der Waals surface area contributed by atoms with Gasteiger partial charge < -0.3 is 15.1 Å². The highest BCUT2D eigenvalue weighted by Crippen LogP contribution is 2.11. The normalized spacial score (nSPS) is 18.9. The fraction of sp³-hybridized carbons (Fsp3) is 0.500. The number of anilines is 1. The van der Waals surface area contributed by atoms with Crippen LogP contribution in [0.25, 0.3) is 0 Å². The molecular weight excluding hydrogens is 300 g/mol. The molecule has 4 amide bonds. The Morgan fingerprint density at radius 3 is 2.61 bits per heavy atom. The number of nitrogens with one attached hydrogen (secondary N) is 1. The summed E-state index contributed by atoms with van der Waals surface area (Å²) in [5.74, 6) is 0.0691. The lowest BCUT2D eigenvalue weighted by atomic mass is 10.3. The average Bonchev–Trinajstić information content (AvgIpc) is 2.79. The molecule has 2 fully saturated rings. The summed E-state index contributed by atoms with van der Waals surface area (Å²) in [6.07, 6.45) is 4.16. The summed E-state index contributed by atoms with van der Waals surface area (Å²) >= 11 is 0. The number of rotatable bonds is 3. The van der Waals surface area contributed by atoms with Crippen LogP contribution in [0.3, 0.4) is 0 Å². The van der Waals surface area contributed by atoms with Gasteiger partial charge in [-0.1, -0.05) is 0 Å². The predicted octanol–water partition coefficient (Wildman–Crippen LogP) is -0.933. The van der Waals surface area contributed by atoms with Gasteiger partial charge in [-0.15, -0.1) is 0 Å². The van der Waals surface area contributed by atoms with E-state index in [0.717, 1.165) is 17.9 Å². The van der Waals surface area contributed by atoms with Gasteiger partial charge in [0.15, 0.2) is 0 Å². The smallest absolute Gasteiger partial charge is 0.325 e. The van der Waals surface area contributed by atoms with E-state index >= 15 is 0 Å². The first kappa shape index (κ1) is 15.2. The van der Waals surface area contributed by atoms with E-state index in [1.165, 1.54) is 0 Å². The molecule has 3 heterocycles. The summed E-state index contributed by atoms with van der Waals surface area (Å²) < 4.78 is 0. The van der Waals surface area contributed by atoms with Gasteiger partial charge in [0.05, 0.1) is 6.54 Å². The van der Waals surface area contributed by atoms with Crippen molar-refractivity contribution in [2.45, 2.75) is 6.42 Å². The van der Waals surface area contributed by atoms with Crippen molar-refractivity contribution in [2.24, 2.45) is 0 Å². The Labute approximate surface area is 133 Å². The third kappa shape index (κ3) is 3.38. The van der Waals surface area contributed by atoms with Crippen molar-refractivity contribution >= 4 is 23.8 Å². The number of carbonyl (C=O) groups is 3. The molecule has 3 rings (SSSR count). The van der Waals surface area contributed by atoms with E-state index in [4.69, 9.17) is 0 Å². The number of imide groups is 1. The van der Waals surface area contributed by atoms with Crippen LogP contribution in [-0.4, -0.2) is 76.9 Å². The maximum Gasteiger partial charge on any atom is 0.325 e. The van der Waals surface area contributed by atoms with Crippen molar-refractivity contribution in [2.75, 3.05) is 44.2 Å². The third-order valence-electron chi connectivity index (χ3n) is 3.91. The lowest BCUT2D eigenvalue weighted by molar-refractivity contribution is -0.136. The molecule has 0 aromatic carbocycles. The summed E-state index contributed by atoms with van der Waals surface area (Å²) in [5, 5.41) is 2.41. The minimum atomic E-state index is -0.502. The quantitative estimate of drug-likeness (QED) is 0.723. The van der Waals surface area contributed by atoms with Crippen LogP contribution in [0.2, 0.25) is 0 Å². The van der Waals surface area contributed by atoms with Gasteiger partial charge in [-0.3, -0.25) is 14.5 Å². The van der Waals surface area contributed by atoms with Gasteiger partial charge in [-0.05, 0) is 12.5 Å². The Balaban J connectivity index is 1.58. The van der Waals surface area contributed by atoms with Crippen molar-refractivity contribution < 1.29 is 14.4 Å². The molecule has 0 aliphatic carbocycles. The van der Waals surface area contributed by atoms with Crippen LogP contribution in [0.1, 0.15) is 6.42 Å². The maximum absolute atomic E-state index is 12.3. The molecule has 1 aromatic rings. The number of amides is 4. The number of nitrogens with zero attached hydrogens (tertiary/aromatic N) is 5. The minimum Gasteiger partial charge on any atom is -0.339 e. The van der Waals surface area contributed by atoms with Crippen LogP contribution in [-0.2, 0) is 9.59 Å². The molecule has 0 unspecified atom stereocenters. The van der Waals surface area contributed by atoms with Gasteiger partial charge in [0.2, 0.25) is 11.9 Å². The molecule has 0 radical (unpaired) electrons. The molecule has 1 aromatic heterocycles. The van der Waals surface area contributed by atoms with Gasteiger partial charge in [0, 0.05) is 38.6 Å². The highest BCUT2D eigenvalue weighted by atomic mass is 16.2. The second-order valence-corrected chi connectivity index (χ2v) is 5.41. The standard InChI is InChI=1S/C14H18N6O3/c21-11-9-17-14(23)20(11)10-12(22)18-5-2-6-19(8-7-18)13-15-3-1-4-16-13/h1,3-4H,2,5-10H2,(H,17,23). The monoisotopic (exact) mass is 318 g/mol. The molecule has 0 bridgehead atoms. The number of hydrogen-bond acceptors (Lipinski definition) is 6. The van der Waals surface area contributed by atoms with E-state index in [1.807, 2.05) is 4.90 Å². The first-order chi connectivity index (χ1) is 11.1. The summed E-state index contributed by atoms with van der Waals surface area (Å²) in [6.45, 7) is 2.25. The van der Waals surface area contributed by atoms with E-state index in [9.17, 15) is 14.4 Å². The second kappa shape index (κ2) is 6.59. The molecule has 1 N–H and O–H groups in total. The average molecular weight is 318 g/mol. The fourth-order valence-corrected chi connectivity index (χ4v) is 2.67. The SMILES string of the molecule is O=C(CN1C(=O)CNC1=O)N1CCCN(c2ncccn2)CC1. The Hall–Kier alpha value is -2.71. The lowest BCUT2D eigenvalue weighted by Gasteiger charge is -2.23. The largest absolute Gasteiger partial charge is 0.339 e. The number of aromatic nitrogens is 2. The van der Waals surface area contributed by atoms with Crippen molar-refractivity contribution in [1.29, 1.82) is 0 Å². The van der Waals surface area contributed by atoms with Crippen LogP contribution >= 0.6 is 0 Å². The van der Waals surface area contributed by atoms with Gasteiger partial charge in [0.1, 0.15) is 6.54 Å². The zero-order chi connectivity index (χ0) is 16.2. The van der Waals surface area contributed by atoms with E-state index in [1.54, 1.807) is 23.4 Å². The van der Waals surface area contributed by atoms with E-state index in [-0.39, 0.29) is 24.9 Å². The summed E-state index contributed by atoms with van der Waals surface area (Å²) in [7, 11) is 0. The van der Waals surface area contributed by atoms with Crippen molar-refractivity contribution in [3.05, 3.63) is 18.5 Å². The van der Waals surface area contributed by atoms with Crippen LogP contribution in [0, 0.1) is 0 Å². The molecule has 2 saturated heterocycles. The Bertz CT molecular complexity index is 592. The number of carbonyl (C=O) groups excluding carboxylic acids is 3. The highest BCUT2D eigenvalue weighted by Gasteiger charge is 2.32. The topological polar surface area (TPSA) is 98.7 Å². The summed E-state index contributed by atoms with van der Waals surface area (Å²) in [5.41, 5.74) is 0. The first-order valence-electron chi connectivity index (χ1n) is 7.53. The molecule has 2 aliphatic heterocycles. The predicted molar refractivity (Wildman–Crippen MR) is 80.6 cm³/mol. The van der Waals surface area contributed by atoms with E-state index < -0.39 is 6.03 Å². The maximum atomic E-state index is 12.3.